The van der Waals surface area contributed by atoms with Gasteiger partial charge in [-0.3, -0.25) is 0 Å². The second kappa shape index (κ2) is 3.37. The maximum atomic E-state index is 11.4. The highest BCUT2D eigenvalue weighted by atomic mass is 16.6. The van der Waals surface area contributed by atoms with Gasteiger partial charge in [0.05, 0.1) is 16.7 Å². The van der Waals surface area contributed by atoms with Gasteiger partial charge in [-0.2, -0.15) is 0 Å². The number of hydrogen-bond acceptors (Lipinski definition) is 5. The Morgan fingerprint density at radius 1 is 1.06 bits per heavy atom. The summed E-state index contributed by atoms with van der Waals surface area (Å²) in [6, 6.07) is 4.04. The first kappa shape index (κ1) is 10.2. The van der Waals surface area contributed by atoms with Crippen LogP contribution in [0.3, 0.4) is 0 Å². The van der Waals surface area contributed by atoms with E-state index in [9.17, 15) is 19.8 Å². The number of aromatic hydroxyl groups is 2. The van der Waals surface area contributed by atoms with Gasteiger partial charge in [0.25, 0.3) is 0 Å². The van der Waals surface area contributed by atoms with Gasteiger partial charge in [0.15, 0.2) is 0 Å². The van der Waals surface area contributed by atoms with Gasteiger partial charge in [0.1, 0.15) is 11.5 Å². The summed E-state index contributed by atoms with van der Waals surface area (Å²) in [5.41, 5.74) is -0.0988. The molecule has 1 aromatic carbocycles. The molecule has 0 atom stereocenters. The molecule has 0 spiro atoms. The molecular formula is C11H8O5. The maximum absolute atomic E-state index is 11.4. The van der Waals surface area contributed by atoms with Crippen LogP contribution in [-0.2, 0) is 14.3 Å². The van der Waals surface area contributed by atoms with Crippen molar-refractivity contribution in [3.63, 3.8) is 0 Å². The van der Waals surface area contributed by atoms with Crippen molar-refractivity contribution in [2.45, 2.75) is 6.92 Å². The van der Waals surface area contributed by atoms with Crippen molar-refractivity contribution < 1.29 is 24.5 Å². The number of benzene rings is 1. The van der Waals surface area contributed by atoms with Crippen molar-refractivity contribution in [2.24, 2.45) is 0 Å². The van der Waals surface area contributed by atoms with Gasteiger partial charge in [0.2, 0.25) is 0 Å². The molecule has 0 amide bonds. The normalized spacial score (nSPS) is 15.6. The van der Waals surface area contributed by atoms with Crippen LogP contribution in [-0.4, -0.2) is 22.2 Å². The van der Waals surface area contributed by atoms with Crippen LogP contribution in [0.25, 0.3) is 5.57 Å². The SMILES string of the molecule is CC1=C(c2c(O)cccc2O)C(=O)OC1=O. The first-order valence-electron chi connectivity index (χ1n) is 4.51. The summed E-state index contributed by atoms with van der Waals surface area (Å²) < 4.78 is 4.38. The fourth-order valence-electron chi connectivity index (χ4n) is 1.54. The molecule has 2 N–H and O–H groups in total. The summed E-state index contributed by atoms with van der Waals surface area (Å²) in [5.74, 6) is -2.18. The Kier molecular flexibility index (Phi) is 2.16. The number of phenolic OH excluding ortho intramolecular Hbond substituents is 2. The standard InChI is InChI=1S/C11H8O5/c1-5-8(11(15)16-10(5)14)9-6(12)3-2-4-7(9)13/h2-4,12-13H,1H3. The minimum absolute atomic E-state index is 0.0711. The fourth-order valence-corrected chi connectivity index (χ4v) is 1.54. The Bertz CT molecular complexity index is 507. The number of carbonyl (C=O) groups is 2. The van der Waals surface area contributed by atoms with Crippen LogP contribution in [0.4, 0.5) is 0 Å². The average molecular weight is 220 g/mol. The molecular weight excluding hydrogens is 212 g/mol. The fraction of sp³-hybridized carbons (Fsp3) is 0.0909. The Balaban J connectivity index is 2.70. The van der Waals surface area contributed by atoms with Crippen LogP contribution < -0.4 is 0 Å². The molecule has 1 aliphatic heterocycles. The Morgan fingerprint density at radius 2 is 1.62 bits per heavy atom. The van der Waals surface area contributed by atoms with Crippen molar-refractivity contribution >= 4 is 17.5 Å². The lowest BCUT2D eigenvalue weighted by atomic mass is 10.0. The van der Waals surface area contributed by atoms with Gasteiger partial charge in [-0.05, 0) is 19.1 Å². The molecule has 0 unspecified atom stereocenters. The van der Waals surface area contributed by atoms with E-state index >= 15 is 0 Å². The van der Waals surface area contributed by atoms with Crippen LogP contribution in [0, 0.1) is 0 Å². The smallest absolute Gasteiger partial charge is 0.347 e. The first-order valence-corrected chi connectivity index (χ1v) is 4.51. The summed E-state index contributed by atoms with van der Waals surface area (Å²) in [5, 5.41) is 19.1. The van der Waals surface area contributed by atoms with Crippen LogP contribution in [0.15, 0.2) is 23.8 Å². The number of rotatable bonds is 1. The minimum atomic E-state index is -0.862. The summed E-state index contributed by atoms with van der Waals surface area (Å²) in [6.07, 6.45) is 0. The Hall–Kier alpha value is -2.30. The van der Waals surface area contributed by atoms with Crippen LogP contribution >= 0.6 is 0 Å². The molecule has 1 aliphatic rings. The molecule has 0 saturated carbocycles. The number of ether oxygens (including phenoxy) is 1. The number of esters is 2. The van der Waals surface area contributed by atoms with E-state index in [-0.39, 0.29) is 28.2 Å². The molecule has 2 rings (SSSR count). The van der Waals surface area contributed by atoms with Gasteiger partial charge in [0, 0.05) is 0 Å². The lowest BCUT2D eigenvalue weighted by Crippen LogP contribution is -2.01. The second-order valence-corrected chi connectivity index (χ2v) is 3.35. The van der Waals surface area contributed by atoms with E-state index in [2.05, 4.69) is 4.74 Å². The van der Waals surface area contributed by atoms with Crippen LogP contribution in [0.2, 0.25) is 0 Å². The third-order valence-electron chi connectivity index (χ3n) is 2.34. The topological polar surface area (TPSA) is 83.8 Å². The van der Waals surface area contributed by atoms with E-state index in [1.807, 2.05) is 0 Å². The molecule has 1 aromatic rings. The molecule has 5 nitrogen and oxygen atoms in total. The van der Waals surface area contributed by atoms with E-state index in [1.54, 1.807) is 0 Å². The van der Waals surface area contributed by atoms with Crippen molar-refractivity contribution in [1.82, 2.24) is 0 Å². The average Bonchev–Trinajstić information content (AvgIpc) is 2.44. The molecule has 1 heterocycles. The molecule has 0 aromatic heterocycles. The largest absolute Gasteiger partial charge is 0.507 e. The van der Waals surface area contributed by atoms with E-state index in [0.717, 1.165) is 0 Å². The molecule has 0 aliphatic carbocycles. The summed E-state index contributed by atoms with van der Waals surface area (Å²) in [7, 11) is 0. The van der Waals surface area contributed by atoms with Gasteiger partial charge in [-0.15, -0.1) is 0 Å². The van der Waals surface area contributed by atoms with Crippen molar-refractivity contribution in [3.05, 3.63) is 29.3 Å². The van der Waals surface area contributed by atoms with E-state index in [0.29, 0.717) is 0 Å². The number of cyclic esters (lactones) is 2. The number of phenols is 2. The van der Waals surface area contributed by atoms with Crippen molar-refractivity contribution in [1.29, 1.82) is 0 Å². The highest BCUT2D eigenvalue weighted by Crippen LogP contribution is 2.38. The molecule has 0 bridgehead atoms. The van der Waals surface area contributed by atoms with Crippen molar-refractivity contribution in [2.75, 3.05) is 0 Å². The Labute approximate surface area is 90.6 Å². The highest BCUT2D eigenvalue weighted by Gasteiger charge is 2.33. The predicted molar refractivity (Wildman–Crippen MR) is 53.5 cm³/mol. The second-order valence-electron chi connectivity index (χ2n) is 3.35. The molecule has 0 fully saturated rings. The summed E-state index contributed by atoms with van der Waals surface area (Å²) >= 11 is 0. The summed E-state index contributed by atoms with van der Waals surface area (Å²) in [6.45, 7) is 1.40. The van der Waals surface area contributed by atoms with Crippen LogP contribution in [0.5, 0.6) is 11.5 Å². The number of hydrogen-bond donors (Lipinski definition) is 2. The summed E-state index contributed by atoms with van der Waals surface area (Å²) in [4.78, 5) is 22.5. The lowest BCUT2D eigenvalue weighted by molar-refractivity contribution is -0.150. The first-order chi connectivity index (χ1) is 7.52. The quantitative estimate of drug-likeness (QED) is 0.543. The highest BCUT2D eigenvalue weighted by molar-refractivity contribution is 6.31. The van der Waals surface area contributed by atoms with Gasteiger partial charge < -0.3 is 14.9 Å². The van der Waals surface area contributed by atoms with Crippen molar-refractivity contribution in [3.8, 4) is 11.5 Å². The van der Waals surface area contributed by atoms with E-state index in [4.69, 9.17) is 0 Å². The van der Waals surface area contributed by atoms with Gasteiger partial charge in [-0.25, -0.2) is 9.59 Å². The monoisotopic (exact) mass is 220 g/mol. The molecule has 0 radical (unpaired) electrons. The van der Waals surface area contributed by atoms with Gasteiger partial charge >= 0.3 is 11.9 Å². The zero-order chi connectivity index (χ0) is 11.9. The van der Waals surface area contributed by atoms with E-state index < -0.39 is 11.9 Å². The van der Waals surface area contributed by atoms with Gasteiger partial charge in [-0.1, -0.05) is 6.07 Å². The number of carbonyl (C=O) groups excluding carboxylic acids is 2. The third kappa shape index (κ3) is 1.33. The van der Waals surface area contributed by atoms with E-state index in [1.165, 1.54) is 25.1 Å². The predicted octanol–water partition coefficient (Wildman–Crippen LogP) is 0.955. The minimum Gasteiger partial charge on any atom is -0.507 e. The Morgan fingerprint density at radius 3 is 2.06 bits per heavy atom. The molecule has 82 valence electrons. The molecule has 5 heteroatoms. The third-order valence-corrected chi connectivity index (χ3v) is 2.34. The van der Waals surface area contributed by atoms with Crippen LogP contribution in [0.1, 0.15) is 12.5 Å². The molecule has 0 saturated heterocycles. The molecule has 16 heavy (non-hydrogen) atoms. The maximum Gasteiger partial charge on any atom is 0.347 e. The lowest BCUT2D eigenvalue weighted by Gasteiger charge is -2.05. The zero-order valence-corrected chi connectivity index (χ0v) is 8.35. The zero-order valence-electron chi connectivity index (χ0n) is 8.35.